The van der Waals surface area contributed by atoms with E-state index < -0.39 is 0 Å². The number of oxazole rings is 1. The molecule has 1 heterocycles. The minimum Gasteiger partial charge on any atom is -0.444 e. The summed E-state index contributed by atoms with van der Waals surface area (Å²) in [5.41, 5.74) is 1.62. The molecule has 0 aliphatic rings. The number of aliphatic imine (C=N–C) groups is 1. The van der Waals surface area contributed by atoms with E-state index in [0.29, 0.717) is 12.4 Å². The minimum absolute atomic E-state index is 0. The lowest BCUT2D eigenvalue weighted by molar-refractivity contribution is 0.571. The Morgan fingerprint density at radius 3 is 2.72 bits per heavy atom. The molecular formula is C17H24FIN4OS. The van der Waals surface area contributed by atoms with E-state index in [4.69, 9.17) is 4.42 Å². The Kier molecular flexibility index (Phi) is 10.6. The fraction of sp³-hybridized carbons (Fsp3) is 0.412. The Balaban J connectivity index is 0.00000312. The molecule has 0 spiro atoms. The van der Waals surface area contributed by atoms with Crippen LogP contribution in [0.5, 0.6) is 0 Å². The summed E-state index contributed by atoms with van der Waals surface area (Å²) in [6.45, 7) is 4.36. The van der Waals surface area contributed by atoms with Gasteiger partial charge in [0, 0.05) is 30.8 Å². The second-order valence-corrected chi connectivity index (χ2v) is 6.07. The zero-order chi connectivity index (χ0) is 17.2. The first-order valence-corrected chi connectivity index (χ1v) is 9.33. The van der Waals surface area contributed by atoms with Crippen LogP contribution in [0.2, 0.25) is 0 Å². The molecule has 2 rings (SSSR count). The van der Waals surface area contributed by atoms with Crippen LogP contribution >= 0.6 is 35.7 Å². The fourth-order valence-electron chi connectivity index (χ4n) is 2.05. The first kappa shape index (κ1) is 21.8. The Bertz CT molecular complexity index is 648. The largest absolute Gasteiger partial charge is 0.444 e. The van der Waals surface area contributed by atoms with Crippen molar-refractivity contribution < 1.29 is 8.81 Å². The predicted octanol–water partition coefficient (Wildman–Crippen LogP) is 3.56. The van der Waals surface area contributed by atoms with Crippen molar-refractivity contribution in [1.29, 1.82) is 0 Å². The van der Waals surface area contributed by atoms with Crippen LogP contribution in [0.1, 0.15) is 12.6 Å². The zero-order valence-electron chi connectivity index (χ0n) is 14.4. The van der Waals surface area contributed by atoms with Crippen LogP contribution in [0.25, 0.3) is 11.5 Å². The van der Waals surface area contributed by atoms with Crippen molar-refractivity contribution in [2.24, 2.45) is 4.99 Å². The highest BCUT2D eigenvalue weighted by Crippen LogP contribution is 2.18. The molecule has 0 fully saturated rings. The monoisotopic (exact) mass is 478 g/mol. The number of hydrogen-bond acceptors (Lipinski definition) is 4. The highest BCUT2D eigenvalue weighted by Gasteiger charge is 2.07. The number of guanidine groups is 1. The molecule has 0 unspecified atom stereocenters. The van der Waals surface area contributed by atoms with Crippen LogP contribution in [0.15, 0.2) is 39.9 Å². The highest BCUT2D eigenvalue weighted by atomic mass is 127. The molecule has 0 amide bonds. The van der Waals surface area contributed by atoms with Crippen molar-refractivity contribution in [2.45, 2.75) is 13.3 Å². The summed E-state index contributed by atoms with van der Waals surface area (Å²) >= 11 is 1.78. The minimum atomic E-state index is -0.272. The molecule has 0 aliphatic carbocycles. The molecule has 5 nitrogen and oxygen atoms in total. The average molecular weight is 478 g/mol. The summed E-state index contributed by atoms with van der Waals surface area (Å²) in [5, 5.41) is 6.50. The van der Waals surface area contributed by atoms with Crippen molar-refractivity contribution in [3.05, 3.63) is 42.0 Å². The summed E-state index contributed by atoms with van der Waals surface area (Å²) in [5.74, 6) is 2.05. The maximum atomic E-state index is 12.9. The van der Waals surface area contributed by atoms with Crippen molar-refractivity contribution in [1.82, 2.24) is 15.6 Å². The molecule has 138 valence electrons. The van der Waals surface area contributed by atoms with Gasteiger partial charge in [0.25, 0.3) is 0 Å². The molecule has 0 atom stereocenters. The number of benzene rings is 1. The van der Waals surface area contributed by atoms with E-state index in [2.05, 4.69) is 26.9 Å². The third-order valence-electron chi connectivity index (χ3n) is 3.23. The smallest absolute Gasteiger partial charge is 0.226 e. The molecular weight excluding hydrogens is 454 g/mol. The third-order valence-corrected chi connectivity index (χ3v) is 3.82. The molecule has 8 heteroatoms. The molecule has 1 aromatic carbocycles. The van der Waals surface area contributed by atoms with Gasteiger partial charge in [0.1, 0.15) is 12.1 Å². The van der Waals surface area contributed by atoms with E-state index in [1.165, 1.54) is 12.1 Å². The molecule has 2 N–H and O–H groups in total. The molecule has 0 bridgehead atoms. The lowest BCUT2D eigenvalue weighted by Gasteiger charge is -2.10. The van der Waals surface area contributed by atoms with E-state index in [-0.39, 0.29) is 29.8 Å². The van der Waals surface area contributed by atoms with E-state index in [9.17, 15) is 4.39 Å². The van der Waals surface area contributed by atoms with Gasteiger partial charge in [-0.3, -0.25) is 4.99 Å². The molecule has 0 radical (unpaired) electrons. The molecule has 1 aromatic heterocycles. The molecule has 25 heavy (non-hydrogen) atoms. The third kappa shape index (κ3) is 7.64. The number of thioether (sulfide) groups is 1. The Morgan fingerprint density at radius 2 is 2.04 bits per heavy atom. The van der Waals surface area contributed by atoms with Crippen LogP contribution in [0, 0.1) is 5.82 Å². The van der Waals surface area contributed by atoms with Gasteiger partial charge in [0.2, 0.25) is 5.89 Å². The number of halogens is 2. The zero-order valence-corrected chi connectivity index (χ0v) is 17.6. The van der Waals surface area contributed by atoms with E-state index in [0.717, 1.165) is 42.5 Å². The Hall–Kier alpha value is -1.29. The normalized spacial score (nSPS) is 11.1. The maximum Gasteiger partial charge on any atom is 0.226 e. The van der Waals surface area contributed by atoms with Gasteiger partial charge in [-0.15, -0.1) is 24.0 Å². The quantitative estimate of drug-likeness (QED) is 0.263. The summed E-state index contributed by atoms with van der Waals surface area (Å²) < 4.78 is 18.4. The summed E-state index contributed by atoms with van der Waals surface area (Å²) in [7, 11) is 0. The van der Waals surface area contributed by atoms with Crippen LogP contribution in [0.4, 0.5) is 4.39 Å². The standard InChI is InChI=1S/C17H23FN4OS.HI/c1-3-19-17(21-10-11-24-2)20-9-8-15-12-23-16(22-15)13-4-6-14(18)7-5-13;/h4-7,12H,3,8-11H2,1-2H3,(H2,19,20,21);1H. The number of nitrogens with zero attached hydrogens (tertiary/aromatic N) is 2. The van der Waals surface area contributed by atoms with Crippen LogP contribution in [0.3, 0.4) is 0 Å². The SMILES string of the molecule is CCNC(=NCCSC)NCCc1coc(-c2ccc(F)cc2)n1.I. The Morgan fingerprint density at radius 1 is 1.28 bits per heavy atom. The van der Waals surface area contributed by atoms with Gasteiger partial charge in [-0.05, 0) is 37.4 Å². The van der Waals surface area contributed by atoms with Gasteiger partial charge in [-0.2, -0.15) is 11.8 Å². The van der Waals surface area contributed by atoms with Gasteiger partial charge < -0.3 is 15.1 Å². The lowest BCUT2D eigenvalue weighted by atomic mass is 10.2. The van der Waals surface area contributed by atoms with Gasteiger partial charge >= 0.3 is 0 Å². The van der Waals surface area contributed by atoms with Crippen LogP contribution < -0.4 is 10.6 Å². The van der Waals surface area contributed by atoms with Crippen molar-refractivity contribution in [2.75, 3.05) is 31.6 Å². The van der Waals surface area contributed by atoms with Crippen molar-refractivity contribution >= 4 is 41.7 Å². The van der Waals surface area contributed by atoms with Gasteiger partial charge in [-0.25, -0.2) is 9.37 Å². The van der Waals surface area contributed by atoms with Gasteiger partial charge in [0.05, 0.1) is 12.2 Å². The number of nitrogens with one attached hydrogen (secondary N) is 2. The highest BCUT2D eigenvalue weighted by molar-refractivity contribution is 14.0. The van der Waals surface area contributed by atoms with E-state index in [1.807, 2.05) is 6.92 Å². The van der Waals surface area contributed by atoms with Gasteiger partial charge in [0.15, 0.2) is 5.96 Å². The molecule has 0 aliphatic heterocycles. The number of hydrogen-bond donors (Lipinski definition) is 2. The summed E-state index contributed by atoms with van der Waals surface area (Å²) in [4.78, 5) is 8.93. The number of aromatic nitrogens is 1. The van der Waals surface area contributed by atoms with E-state index in [1.54, 1.807) is 30.2 Å². The van der Waals surface area contributed by atoms with E-state index >= 15 is 0 Å². The Labute approximate surface area is 169 Å². The topological polar surface area (TPSA) is 62.5 Å². The number of rotatable bonds is 8. The molecule has 0 saturated heterocycles. The second-order valence-electron chi connectivity index (χ2n) is 5.08. The predicted molar refractivity (Wildman–Crippen MR) is 113 cm³/mol. The maximum absolute atomic E-state index is 12.9. The summed E-state index contributed by atoms with van der Waals surface area (Å²) in [6, 6.07) is 6.11. The average Bonchev–Trinajstić information content (AvgIpc) is 3.04. The second kappa shape index (κ2) is 12.1. The van der Waals surface area contributed by atoms with Gasteiger partial charge in [-0.1, -0.05) is 0 Å². The van der Waals surface area contributed by atoms with Crippen LogP contribution in [-0.4, -0.2) is 42.6 Å². The summed E-state index contributed by atoms with van der Waals surface area (Å²) in [6.07, 6.45) is 4.43. The van der Waals surface area contributed by atoms with Crippen LogP contribution in [-0.2, 0) is 6.42 Å². The lowest BCUT2D eigenvalue weighted by Crippen LogP contribution is -2.38. The first-order valence-electron chi connectivity index (χ1n) is 7.94. The first-order chi connectivity index (χ1) is 11.7. The molecule has 2 aromatic rings. The fourth-order valence-corrected chi connectivity index (χ4v) is 2.32. The van der Waals surface area contributed by atoms with Crippen molar-refractivity contribution in [3.63, 3.8) is 0 Å². The van der Waals surface area contributed by atoms with Crippen molar-refractivity contribution in [3.8, 4) is 11.5 Å². The molecule has 0 saturated carbocycles.